The lowest BCUT2D eigenvalue weighted by Gasteiger charge is -2.18. The fraction of sp³-hybridized carbons (Fsp3) is 0.667. The molecule has 2 aliphatic heterocycles. The summed E-state index contributed by atoms with van der Waals surface area (Å²) in [4.78, 5) is 21.3. The number of carbonyl (C=O) groups is 2. The van der Waals surface area contributed by atoms with Crippen LogP contribution in [0.5, 0.6) is 0 Å². The number of nitrogens with one attached hydrogen (secondary N) is 3. The topological polar surface area (TPSA) is 111 Å². The summed E-state index contributed by atoms with van der Waals surface area (Å²) in [6, 6.07) is -1.33. The third-order valence-corrected chi connectivity index (χ3v) is 2.26. The smallest absolute Gasteiger partial charge is 0.320 e. The van der Waals surface area contributed by atoms with E-state index in [0.717, 1.165) is 0 Å². The summed E-state index contributed by atoms with van der Waals surface area (Å²) in [5, 5.41) is 25.5. The zero-order valence-corrected chi connectivity index (χ0v) is 6.57. The average Bonchev–Trinajstić information content (AvgIpc) is 2.38. The molecule has 2 saturated heterocycles. The number of hydrogen-bond acceptors (Lipinski definition) is 4. The maximum atomic E-state index is 10.8. The standard InChI is InChI=1S/C6H9N3O4/c10-3(11)2-1-6(13)4(7-2)8-5(12)9-6/h2,4,7,13H,1H2,(H,10,11)(H2,8,9,12)/t2-,4?,6?/m0/s1. The number of fused-ring (bicyclic) bond motifs is 1. The van der Waals surface area contributed by atoms with E-state index < -0.39 is 29.9 Å². The Bertz CT molecular complexity index is 281. The molecule has 7 nitrogen and oxygen atoms in total. The highest BCUT2D eigenvalue weighted by atomic mass is 16.4. The molecule has 2 aliphatic rings. The lowest BCUT2D eigenvalue weighted by atomic mass is 10.1. The van der Waals surface area contributed by atoms with Crippen LogP contribution < -0.4 is 16.0 Å². The molecule has 0 aromatic heterocycles. The second kappa shape index (κ2) is 2.33. The first-order valence-corrected chi connectivity index (χ1v) is 3.81. The summed E-state index contributed by atoms with van der Waals surface area (Å²) in [6.45, 7) is 0. The summed E-state index contributed by atoms with van der Waals surface area (Å²) in [7, 11) is 0. The second-order valence-electron chi connectivity index (χ2n) is 3.22. The number of amides is 2. The van der Waals surface area contributed by atoms with Gasteiger partial charge >= 0.3 is 12.0 Å². The number of aliphatic hydroxyl groups is 1. The fourth-order valence-corrected chi connectivity index (χ4v) is 1.63. The lowest BCUT2D eigenvalue weighted by molar-refractivity contribution is -0.139. The van der Waals surface area contributed by atoms with Crippen LogP contribution in [0.1, 0.15) is 6.42 Å². The van der Waals surface area contributed by atoms with Crippen molar-refractivity contribution in [2.24, 2.45) is 0 Å². The highest BCUT2D eigenvalue weighted by Crippen LogP contribution is 2.24. The molecular formula is C6H9N3O4. The molecule has 0 saturated carbocycles. The first-order chi connectivity index (χ1) is 6.01. The number of rotatable bonds is 1. The Hall–Kier alpha value is -1.34. The Balaban J connectivity index is 2.14. The molecule has 2 rings (SSSR count). The molecule has 2 amide bonds. The molecule has 3 atom stereocenters. The van der Waals surface area contributed by atoms with Crippen molar-refractivity contribution in [2.45, 2.75) is 24.4 Å². The van der Waals surface area contributed by atoms with Crippen LogP contribution in [0, 0.1) is 0 Å². The third-order valence-electron chi connectivity index (χ3n) is 2.26. The van der Waals surface area contributed by atoms with E-state index in [9.17, 15) is 14.7 Å². The number of carbonyl (C=O) groups excluding carboxylic acids is 1. The first kappa shape index (κ1) is 8.27. The van der Waals surface area contributed by atoms with E-state index >= 15 is 0 Å². The van der Waals surface area contributed by atoms with Gasteiger partial charge in [0.1, 0.15) is 12.2 Å². The minimum Gasteiger partial charge on any atom is -0.480 e. The van der Waals surface area contributed by atoms with E-state index in [2.05, 4.69) is 16.0 Å². The Kier molecular flexibility index (Phi) is 1.48. The van der Waals surface area contributed by atoms with Gasteiger partial charge in [-0.1, -0.05) is 0 Å². The minimum absolute atomic E-state index is 0.0360. The Morgan fingerprint density at radius 2 is 2.31 bits per heavy atom. The number of carboxylic acid groups (broad SMARTS) is 1. The van der Waals surface area contributed by atoms with Crippen molar-refractivity contribution in [1.29, 1.82) is 0 Å². The molecular weight excluding hydrogens is 178 g/mol. The highest BCUT2D eigenvalue weighted by molar-refractivity contribution is 5.80. The van der Waals surface area contributed by atoms with Crippen LogP contribution in [-0.4, -0.2) is 40.1 Å². The predicted octanol–water partition coefficient (Wildman–Crippen LogP) is -2.24. The predicted molar refractivity (Wildman–Crippen MR) is 39.6 cm³/mol. The molecule has 0 aromatic rings. The van der Waals surface area contributed by atoms with E-state index in [1.807, 2.05) is 0 Å². The van der Waals surface area contributed by atoms with Crippen LogP contribution in [0.4, 0.5) is 4.79 Å². The Labute approximate surface area is 73.1 Å². The zero-order valence-electron chi connectivity index (χ0n) is 6.57. The van der Waals surface area contributed by atoms with Crippen LogP contribution >= 0.6 is 0 Å². The van der Waals surface area contributed by atoms with E-state index in [1.165, 1.54) is 0 Å². The maximum absolute atomic E-state index is 10.8. The molecule has 0 bridgehead atoms. The minimum atomic E-state index is -1.47. The van der Waals surface area contributed by atoms with Gasteiger partial charge in [0.2, 0.25) is 0 Å². The Morgan fingerprint density at radius 3 is 2.85 bits per heavy atom. The van der Waals surface area contributed by atoms with Crippen molar-refractivity contribution in [3.05, 3.63) is 0 Å². The van der Waals surface area contributed by atoms with Crippen LogP contribution in [0.3, 0.4) is 0 Å². The van der Waals surface area contributed by atoms with Gasteiger partial charge in [-0.05, 0) is 0 Å². The van der Waals surface area contributed by atoms with E-state index in [-0.39, 0.29) is 6.42 Å². The monoisotopic (exact) mass is 187 g/mol. The molecule has 0 spiro atoms. The van der Waals surface area contributed by atoms with Crippen molar-refractivity contribution in [3.63, 3.8) is 0 Å². The molecule has 5 N–H and O–H groups in total. The van der Waals surface area contributed by atoms with E-state index in [4.69, 9.17) is 5.11 Å². The molecule has 0 aromatic carbocycles. The molecule has 2 heterocycles. The molecule has 0 aliphatic carbocycles. The maximum Gasteiger partial charge on any atom is 0.320 e. The lowest BCUT2D eigenvalue weighted by Crippen LogP contribution is -2.49. The number of urea groups is 1. The molecule has 7 heteroatoms. The number of aliphatic carboxylic acids is 1. The molecule has 2 fully saturated rings. The normalized spacial score (nSPS) is 42.4. The van der Waals surface area contributed by atoms with Crippen molar-refractivity contribution in [2.75, 3.05) is 0 Å². The molecule has 13 heavy (non-hydrogen) atoms. The van der Waals surface area contributed by atoms with Gasteiger partial charge in [-0.2, -0.15) is 0 Å². The van der Waals surface area contributed by atoms with Gasteiger partial charge in [0.15, 0.2) is 5.72 Å². The summed E-state index contributed by atoms with van der Waals surface area (Å²) in [5.41, 5.74) is -1.47. The van der Waals surface area contributed by atoms with Gasteiger partial charge < -0.3 is 20.8 Å². The highest BCUT2D eigenvalue weighted by Gasteiger charge is 2.54. The fourth-order valence-electron chi connectivity index (χ4n) is 1.63. The second-order valence-corrected chi connectivity index (χ2v) is 3.22. The van der Waals surface area contributed by atoms with E-state index in [1.54, 1.807) is 0 Å². The van der Waals surface area contributed by atoms with Crippen molar-refractivity contribution in [3.8, 4) is 0 Å². The molecule has 72 valence electrons. The van der Waals surface area contributed by atoms with Crippen molar-refractivity contribution in [1.82, 2.24) is 16.0 Å². The SMILES string of the molecule is O=C1NC2N[C@H](C(=O)O)CC2(O)N1. The quantitative estimate of drug-likeness (QED) is 0.319. The summed E-state index contributed by atoms with van der Waals surface area (Å²) >= 11 is 0. The van der Waals surface area contributed by atoms with Crippen LogP contribution in [0.15, 0.2) is 0 Å². The number of carboxylic acids is 1. The van der Waals surface area contributed by atoms with Gasteiger partial charge in [-0.15, -0.1) is 0 Å². The summed E-state index contributed by atoms with van der Waals surface area (Å²) in [5.74, 6) is -1.04. The average molecular weight is 187 g/mol. The zero-order chi connectivity index (χ0) is 9.64. The van der Waals surface area contributed by atoms with Crippen LogP contribution in [-0.2, 0) is 4.79 Å². The van der Waals surface area contributed by atoms with Crippen molar-refractivity contribution < 1.29 is 19.8 Å². The Morgan fingerprint density at radius 1 is 1.62 bits per heavy atom. The van der Waals surface area contributed by atoms with Crippen LogP contribution in [0.2, 0.25) is 0 Å². The molecule has 2 unspecified atom stereocenters. The van der Waals surface area contributed by atoms with Crippen LogP contribution in [0.25, 0.3) is 0 Å². The largest absolute Gasteiger partial charge is 0.480 e. The van der Waals surface area contributed by atoms with Gasteiger partial charge in [0.25, 0.3) is 0 Å². The van der Waals surface area contributed by atoms with Gasteiger partial charge in [0.05, 0.1) is 0 Å². The summed E-state index contributed by atoms with van der Waals surface area (Å²) < 4.78 is 0. The van der Waals surface area contributed by atoms with Gasteiger partial charge in [-0.3, -0.25) is 10.1 Å². The van der Waals surface area contributed by atoms with E-state index in [0.29, 0.717) is 0 Å². The third kappa shape index (κ3) is 1.12. The number of hydrogen-bond donors (Lipinski definition) is 5. The van der Waals surface area contributed by atoms with Gasteiger partial charge in [0, 0.05) is 6.42 Å². The van der Waals surface area contributed by atoms with Crippen molar-refractivity contribution >= 4 is 12.0 Å². The summed E-state index contributed by atoms with van der Waals surface area (Å²) in [6.07, 6.45) is -0.757. The molecule has 0 radical (unpaired) electrons. The van der Waals surface area contributed by atoms with Gasteiger partial charge in [-0.25, -0.2) is 4.79 Å². The first-order valence-electron chi connectivity index (χ1n) is 3.81.